The van der Waals surface area contributed by atoms with Gasteiger partial charge in [-0.3, -0.25) is 8.99 Å². The summed E-state index contributed by atoms with van der Waals surface area (Å²) in [5.74, 6) is 0. The number of fused-ring (bicyclic) bond motifs is 1. The van der Waals surface area contributed by atoms with Crippen LogP contribution in [0, 0.1) is 0 Å². The van der Waals surface area contributed by atoms with E-state index in [-0.39, 0.29) is 10.0 Å². The van der Waals surface area contributed by atoms with Crippen LogP contribution in [-0.4, -0.2) is 24.7 Å². The van der Waals surface area contributed by atoms with E-state index in [1.807, 2.05) is 0 Å². The lowest BCUT2D eigenvalue weighted by Crippen LogP contribution is -2.30. The number of nitrogens with zero attached hydrogens (tertiary/aromatic N) is 3. The molecule has 6 nitrogen and oxygen atoms in total. The van der Waals surface area contributed by atoms with Gasteiger partial charge in [0.15, 0.2) is 5.03 Å². The SMILES string of the molecule is Cn1ncc(Cl)c1S(=O)(=O)N1CCc2cc(N)ccc21. The third-order valence-electron chi connectivity index (χ3n) is 3.33. The van der Waals surface area contributed by atoms with Crippen molar-refractivity contribution in [1.82, 2.24) is 9.78 Å². The average Bonchev–Trinajstić information content (AvgIpc) is 2.93. The Morgan fingerprint density at radius 2 is 2.15 bits per heavy atom. The average molecular weight is 313 g/mol. The number of nitrogen functional groups attached to an aromatic ring is 1. The van der Waals surface area contributed by atoms with Gasteiger partial charge in [-0.1, -0.05) is 11.6 Å². The van der Waals surface area contributed by atoms with Crippen molar-refractivity contribution in [2.24, 2.45) is 7.05 Å². The Kier molecular flexibility index (Phi) is 2.91. The van der Waals surface area contributed by atoms with E-state index >= 15 is 0 Å². The van der Waals surface area contributed by atoms with Gasteiger partial charge in [0.25, 0.3) is 10.0 Å². The van der Waals surface area contributed by atoms with Crippen LogP contribution in [0.3, 0.4) is 0 Å². The minimum atomic E-state index is -3.72. The van der Waals surface area contributed by atoms with Crippen molar-refractivity contribution in [3.8, 4) is 0 Å². The van der Waals surface area contributed by atoms with E-state index in [1.54, 1.807) is 25.2 Å². The molecule has 8 heteroatoms. The number of nitrogens with two attached hydrogens (primary N) is 1. The van der Waals surface area contributed by atoms with E-state index in [0.29, 0.717) is 24.3 Å². The Balaban J connectivity index is 2.12. The zero-order chi connectivity index (χ0) is 14.5. The van der Waals surface area contributed by atoms with Crippen molar-refractivity contribution in [2.45, 2.75) is 11.4 Å². The van der Waals surface area contributed by atoms with Crippen LogP contribution in [-0.2, 0) is 23.5 Å². The molecular formula is C12H13ClN4O2S. The lowest BCUT2D eigenvalue weighted by molar-refractivity contribution is 0.573. The molecule has 1 aromatic carbocycles. The van der Waals surface area contributed by atoms with E-state index in [1.165, 1.54) is 15.2 Å². The second kappa shape index (κ2) is 4.39. The van der Waals surface area contributed by atoms with Crippen LogP contribution in [0.25, 0.3) is 0 Å². The second-order valence-electron chi connectivity index (χ2n) is 4.64. The number of hydrogen-bond acceptors (Lipinski definition) is 4. The first-order chi connectivity index (χ1) is 9.41. The van der Waals surface area contributed by atoms with Crippen LogP contribution in [0.1, 0.15) is 5.56 Å². The summed E-state index contributed by atoms with van der Waals surface area (Å²) in [5, 5.41) is 4.01. The van der Waals surface area contributed by atoms with Crippen LogP contribution in [0.4, 0.5) is 11.4 Å². The minimum absolute atomic E-state index is 0.00356. The normalized spacial score (nSPS) is 14.6. The number of anilines is 2. The fourth-order valence-electron chi connectivity index (χ4n) is 2.44. The van der Waals surface area contributed by atoms with Gasteiger partial charge >= 0.3 is 0 Å². The molecule has 0 atom stereocenters. The summed E-state index contributed by atoms with van der Waals surface area (Å²) in [5.41, 5.74) is 7.92. The molecule has 3 rings (SSSR count). The highest BCUT2D eigenvalue weighted by atomic mass is 35.5. The first kappa shape index (κ1) is 13.3. The molecular weight excluding hydrogens is 300 g/mol. The van der Waals surface area contributed by atoms with Gasteiger partial charge in [-0.15, -0.1) is 0 Å². The monoisotopic (exact) mass is 312 g/mol. The summed E-state index contributed by atoms with van der Waals surface area (Å²) in [6.45, 7) is 0.378. The Labute approximate surface area is 121 Å². The zero-order valence-electron chi connectivity index (χ0n) is 10.7. The molecule has 106 valence electrons. The van der Waals surface area contributed by atoms with Crippen LogP contribution >= 0.6 is 11.6 Å². The van der Waals surface area contributed by atoms with Crippen molar-refractivity contribution in [3.63, 3.8) is 0 Å². The smallest absolute Gasteiger partial charge is 0.283 e. The number of sulfonamides is 1. The second-order valence-corrected chi connectivity index (χ2v) is 6.82. The summed E-state index contributed by atoms with van der Waals surface area (Å²) in [6, 6.07) is 5.21. The topological polar surface area (TPSA) is 81.2 Å². The summed E-state index contributed by atoms with van der Waals surface area (Å²) in [4.78, 5) is 0. The van der Waals surface area contributed by atoms with E-state index in [9.17, 15) is 8.42 Å². The van der Waals surface area contributed by atoms with Crippen LogP contribution in [0.2, 0.25) is 5.02 Å². The largest absolute Gasteiger partial charge is 0.399 e. The third-order valence-corrected chi connectivity index (χ3v) is 5.65. The summed E-state index contributed by atoms with van der Waals surface area (Å²) >= 11 is 5.95. The van der Waals surface area contributed by atoms with Gasteiger partial charge in [-0.2, -0.15) is 13.5 Å². The van der Waals surface area contributed by atoms with Crippen molar-refractivity contribution in [2.75, 3.05) is 16.6 Å². The fraction of sp³-hybridized carbons (Fsp3) is 0.250. The van der Waals surface area contributed by atoms with Gasteiger partial charge in [0, 0.05) is 19.3 Å². The van der Waals surface area contributed by atoms with Gasteiger partial charge in [0.1, 0.15) is 0 Å². The molecule has 0 unspecified atom stereocenters. The molecule has 20 heavy (non-hydrogen) atoms. The van der Waals surface area contributed by atoms with Crippen molar-refractivity contribution >= 4 is 33.0 Å². The summed E-state index contributed by atoms with van der Waals surface area (Å²) in [7, 11) is -2.17. The number of halogens is 1. The van der Waals surface area contributed by atoms with E-state index in [2.05, 4.69) is 5.10 Å². The summed E-state index contributed by atoms with van der Waals surface area (Å²) in [6.07, 6.45) is 1.96. The quantitative estimate of drug-likeness (QED) is 0.850. The number of aromatic nitrogens is 2. The van der Waals surface area contributed by atoms with Gasteiger partial charge < -0.3 is 5.73 Å². The predicted octanol–water partition coefficient (Wildman–Crippen LogP) is 1.41. The Morgan fingerprint density at radius 1 is 1.40 bits per heavy atom. The molecule has 1 aliphatic heterocycles. The molecule has 2 aromatic rings. The Morgan fingerprint density at radius 3 is 2.80 bits per heavy atom. The first-order valence-corrected chi connectivity index (χ1v) is 7.81. The lowest BCUT2D eigenvalue weighted by Gasteiger charge is -2.19. The highest BCUT2D eigenvalue weighted by molar-refractivity contribution is 7.92. The van der Waals surface area contributed by atoms with Gasteiger partial charge in [-0.05, 0) is 30.2 Å². The third kappa shape index (κ3) is 1.85. The predicted molar refractivity (Wildman–Crippen MR) is 77.3 cm³/mol. The van der Waals surface area contributed by atoms with Crippen molar-refractivity contribution in [3.05, 3.63) is 35.0 Å². The number of rotatable bonds is 2. The van der Waals surface area contributed by atoms with Crippen LogP contribution < -0.4 is 10.0 Å². The van der Waals surface area contributed by atoms with E-state index in [0.717, 1.165) is 5.56 Å². The Bertz CT molecular complexity index is 765. The summed E-state index contributed by atoms with van der Waals surface area (Å²) < 4.78 is 28.1. The molecule has 0 bridgehead atoms. The highest BCUT2D eigenvalue weighted by Gasteiger charge is 2.34. The fourth-order valence-corrected chi connectivity index (χ4v) is 4.55. The van der Waals surface area contributed by atoms with Crippen LogP contribution in [0.15, 0.2) is 29.4 Å². The first-order valence-electron chi connectivity index (χ1n) is 6.00. The molecule has 2 heterocycles. The molecule has 1 aliphatic rings. The van der Waals surface area contributed by atoms with E-state index < -0.39 is 10.0 Å². The molecule has 0 spiro atoms. The molecule has 2 N–H and O–H groups in total. The number of hydrogen-bond donors (Lipinski definition) is 1. The maximum Gasteiger partial charge on any atom is 0.283 e. The molecule has 0 radical (unpaired) electrons. The highest BCUT2D eigenvalue weighted by Crippen LogP contribution is 2.35. The minimum Gasteiger partial charge on any atom is -0.399 e. The van der Waals surface area contributed by atoms with Crippen LogP contribution in [0.5, 0.6) is 0 Å². The molecule has 0 saturated heterocycles. The zero-order valence-corrected chi connectivity index (χ0v) is 12.3. The maximum absolute atomic E-state index is 12.7. The Hall–Kier alpha value is -1.73. The maximum atomic E-state index is 12.7. The van der Waals surface area contributed by atoms with Crippen molar-refractivity contribution in [1.29, 1.82) is 0 Å². The lowest BCUT2D eigenvalue weighted by atomic mass is 10.1. The molecule has 0 amide bonds. The number of benzene rings is 1. The van der Waals surface area contributed by atoms with Gasteiger partial charge in [-0.25, -0.2) is 0 Å². The molecule has 0 fully saturated rings. The van der Waals surface area contributed by atoms with Gasteiger partial charge in [0.2, 0.25) is 0 Å². The van der Waals surface area contributed by atoms with Gasteiger partial charge in [0.05, 0.1) is 16.9 Å². The molecule has 0 saturated carbocycles. The standard InChI is InChI=1S/C12H13ClN4O2S/c1-16-12(10(13)7-15-16)20(18,19)17-5-4-8-6-9(14)2-3-11(8)17/h2-3,6-7H,4-5,14H2,1H3. The van der Waals surface area contributed by atoms with E-state index in [4.69, 9.17) is 17.3 Å². The molecule has 1 aromatic heterocycles. The van der Waals surface area contributed by atoms with Crippen molar-refractivity contribution < 1.29 is 8.42 Å². The molecule has 0 aliphatic carbocycles. The number of aryl methyl sites for hydroxylation is 1.